The molecule has 194 valence electrons. The minimum absolute atomic E-state index is 0.162. The molecule has 37 heavy (non-hydrogen) atoms. The van der Waals surface area contributed by atoms with Crippen molar-refractivity contribution in [3.63, 3.8) is 0 Å². The van der Waals surface area contributed by atoms with E-state index in [1.807, 2.05) is 25.3 Å². The number of carboxylic acid groups (broad SMARTS) is 1. The van der Waals surface area contributed by atoms with Crippen LogP contribution in [0.2, 0.25) is 0 Å². The van der Waals surface area contributed by atoms with Crippen molar-refractivity contribution >= 4 is 16.9 Å². The molecule has 1 unspecified atom stereocenters. The molecule has 2 aromatic carbocycles. The van der Waals surface area contributed by atoms with Gasteiger partial charge in [0.15, 0.2) is 0 Å². The van der Waals surface area contributed by atoms with Gasteiger partial charge in [-0.1, -0.05) is 18.2 Å². The molecule has 0 bridgehead atoms. The maximum Gasteiger partial charge on any atom is 0.453 e. The normalized spacial score (nSPS) is 18.8. The fourth-order valence-electron chi connectivity index (χ4n) is 5.30. The number of benzene rings is 2. The summed E-state index contributed by atoms with van der Waals surface area (Å²) in [5.41, 5.74) is 3.76. The summed E-state index contributed by atoms with van der Waals surface area (Å²) in [6.07, 6.45) is -0.764. The number of halogens is 3. The molecule has 8 nitrogen and oxygen atoms in total. The Morgan fingerprint density at radius 2 is 2.05 bits per heavy atom. The summed E-state index contributed by atoms with van der Waals surface area (Å²) < 4.78 is 46.4. The number of aromatic nitrogens is 4. The van der Waals surface area contributed by atoms with Gasteiger partial charge < -0.3 is 14.8 Å². The van der Waals surface area contributed by atoms with E-state index in [9.17, 15) is 23.1 Å². The van der Waals surface area contributed by atoms with E-state index in [0.717, 1.165) is 34.1 Å². The molecule has 0 radical (unpaired) electrons. The number of hydrogen-bond donors (Lipinski definition) is 2. The molecule has 2 aromatic heterocycles. The number of carboxylic acids is 1. The van der Waals surface area contributed by atoms with Crippen LogP contribution in [0.25, 0.3) is 10.9 Å². The van der Waals surface area contributed by atoms with Crippen molar-refractivity contribution in [1.29, 1.82) is 0 Å². The molecule has 2 atom stereocenters. The van der Waals surface area contributed by atoms with Crippen molar-refractivity contribution in [2.24, 2.45) is 0 Å². The van der Waals surface area contributed by atoms with Crippen LogP contribution in [0.15, 0.2) is 48.9 Å². The minimum atomic E-state index is -4.63. The smallest absolute Gasteiger partial charge is 0.453 e. The second-order valence-corrected chi connectivity index (χ2v) is 9.24. The van der Waals surface area contributed by atoms with Gasteiger partial charge in [0.1, 0.15) is 12.1 Å². The molecule has 4 aromatic rings. The summed E-state index contributed by atoms with van der Waals surface area (Å²) in [5, 5.41) is 14.6. The first kappa shape index (κ1) is 24.8. The molecule has 2 N–H and O–H groups in total. The topological polar surface area (TPSA) is 96.3 Å². The lowest BCUT2D eigenvalue weighted by Crippen LogP contribution is -2.38. The van der Waals surface area contributed by atoms with E-state index < -0.39 is 18.0 Å². The minimum Gasteiger partial charge on any atom is -0.496 e. The van der Waals surface area contributed by atoms with Gasteiger partial charge in [0.2, 0.25) is 0 Å². The average Bonchev–Trinajstić information content (AvgIpc) is 3.56. The van der Waals surface area contributed by atoms with Crippen LogP contribution in [-0.2, 0) is 12.7 Å². The SMILES string of the molecule is COc1cc(C)c2[nH]ccc2c1CN1CCC(n2cnc(C(F)(F)F)n2)C[C@@H]1c1ccccc1C(=O)O. The molecule has 1 aliphatic heterocycles. The number of hydrogen-bond acceptors (Lipinski definition) is 5. The van der Waals surface area contributed by atoms with Crippen LogP contribution in [-0.4, -0.2) is 49.4 Å². The summed E-state index contributed by atoms with van der Waals surface area (Å²) >= 11 is 0. The van der Waals surface area contributed by atoms with E-state index in [1.165, 1.54) is 4.68 Å². The first-order chi connectivity index (χ1) is 17.7. The van der Waals surface area contributed by atoms with E-state index in [1.54, 1.807) is 31.4 Å². The van der Waals surface area contributed by atoms with E-state index >= 15 is 0 Å². The highest BCUT2D eigenvalue weighted by Crippen LogP contribution is 2.41. The molecule has 0 amide bonds. The van der Waals surface area contributed by atoms with Crippen molar-refractivity contribution in [3.05, 3.63) is 77.0 Å². The predicted octanol–water partition coefficient (Wildman–Crippen LogP) is 5.37. The third-order valence-corrected chi connectivity index (χ3v) is 7.06. The number of nitrogens with one attached hydrogen (secondary N) is 1. The molecule has 0 aliphatic carbocycles. The van der Waals surface area contributed by atoms with Gasteiger partial charge in [-0.05, 0) is 49.1 Å². The lowest BCUT2D eigenvalue weighted by molar-refractivity contribution is -0.145. The van der Waals surface area contributed by atoms with Crippen molar-refractivity contribution < 1.29 is 27.8 Å². The number of aryl methyl sites for hydroxylation is 1. The molecular formula is C26H26F3N5O3. The van der Waals surface area contributed by atoms with Gasteiger partial charge in [-0.25, -0.2) is 14.5 Å². The van der Waals surface area contributed by atoms with E-state index in [4.69, 9.17) is 4.74 Å². The van der Waals surface area contributed by atoms with Crippen LogP contribution in [0.1, 0.15) is 57.8 Å². The van der Waals surface area contributed by atoms with Crippen molar-refractivity contribution in [1.82, 2.24) is 24.6 Å². The number of rotatable bonds is 6. The molecule has 1 fully saturated rings. The Morgan fingerprint density at radius 3 is 2.76 bits per heavy atom. The highest BCUT2D eigenvalue weighted by Gasteiger charge is 2.38. The highest BCUT2D eigenvalue weighted by atomic mass is 19.4. The standard InChI is InChI=1S/C26H26F3N5O3/c1-15-11-22(37-2)20(18-7-9-30-23(15)18)13-33-10-8-16(34-14-31-25(32-34)26(27,28)29)12-21(33)17-5-3-4-6-19(17)24(35)36/h3-7,9,11,14,16,21,30H,8,10,12-13H2,1-2H3,(H,35,36)/t16?,21-/m1/s1. The number of alkyl halides is 3. The second kappa shape index (κ2) is 9.55. The number of H-pyrrole nitrogens is 1. The van der Waals surface area contributed by atoms with Crippen LogP contribution in [0.5, 0.6) is 5.75 Å². The van der Waals surface area contributed by atoms with Gasteiger partial charge >= 0.3 is 12.1 Å². The first-order valence-corrected chi connectivity index (χ1v) is 11.9. The molecule has 0 spiro atoms. The average molecular weight is 514 g/mol. The number of ether oxygens (including phenoxy) is 1. The number of nitrogens with zero attached hydrogens (tertiary/aromatic N) is 4. The monoisotopic (exact) mass is 513 g/mol. The summed E-state index contributed by atoms with van der Waals surface area (Å²) in [6.45, 7) is 2.97. The second-order valence-electron chi connectivity index (χ2n) is 9.24. The Kier molecular flexibility index (Phi) is 6.40. The first-order valence-electron chi connectivity index (χ1n) is 11.9. The third-order valence-electron chi connectivity index (χ3n) is 7.06. The number of aromatic carboxylic acids is 1. The van der Waals surface area contributed by atoms with Crippen molar-refractivity contribution in [3.8, 4) is 5.75 Å². The van der Waals surface area contributed by atoms with Gasteiger partial charge in [0.05, 0.1) is 18.7 Å². The highest BCUT2D eigenvalue weighted by molar-refractivity contribution is 5.90. The number of fused-ring (bicyclic) bond motifs is 1. The molecule has 5 rings (SSSR count). The van der Waals surface area contributed by atoms with E-state index in [-0.39, 0.29) is 17.6 Å². The lowest BCUT2D eigenvalue weighted by atomic mass is 9.88. The molecular weight excluding hydrogens is 487 g/mol. The fourth-order valence-corrected chi connectivity index (χ4v) is 5.30. The number of methoxy groups -OCH3 is 1. The molecule has 0 saturated carbocycles. The third kappa shape index (κ3) is 4.66. The summed E-state index contributed by atoms with van der Waals surface area (Å²) in [5.74, 6) is -1.52. The summed E-state index contributed by atoms with van der Waals surface area (Å²) in [7, 11) is 1.61. The Bertz CT molecular complexity index is 1450. The maximum atomic E-state index is 13.1. The Balaban J connectivity index is 1.54. The summed E-state index contributed by atoms with van der Waals surface area (Å²) in [6, 6.07) is 9.95. The van der Waals surface area contributed by atoms with Gasteiger partial charge in [-0.2, -0.15) is 13.2 Å². The summed E-state index contributed by atoms with van der Waals surface area (Å²) in [4.78, 5) is 21.0. The zero-order valence-electron chi connectivity index (χ0n) is 20.3. The maximum absolute atomic E-state index is 13.1. The van der Waals surface area contributed by atoms with Crippen LogP contribution >= 0.6 is 0 Å². The molecule has 1 aliphatic rings. The van der Waals surface area contributed by atoms with Gasteiger partial charge in [0, 0.05) is 41.8 Å². The quantitative estimate of drug-likeness (QED) is 0.360. The lowest BCUT2D eigenvalue weighted by Gasteiger charge is -2.40. The Labute approximate surface area is 210 Å². The van der Waals surface area contributed by atoms with Gasteiger partial charge in [0.25, 0.3) is 5.82 Å². The van der Waals surface area contributed by atoms with Crippen LogP contribution in [0.4, 0.5) is 13.2 Å². The number of aromatic amines is 1. The molecule has 11 heteroatoms. The van der Waals surface area contributed by atoms with Gasteiger partial charge in [-0.3, -0.25) is 4.90 Å². The molecule has 3 heterocycles. The zero-order chi connectivity index (χ0) is 26.3. The number of piperidine rings is 1. The van der Waals surface area contributed by atoms with Crippen molar-refractivity contribution in [2.75, 3.05) is 13.7 Å². The van der Waals surface area contributed by atoms with Gasteiger partial charge in [-0.15, -0.1) is 5.10 Å². The fraction of sp³-hybridized carbons (Fsp3) is 0.346. The van der Waals surface area contributed by atoms with Crippen LogP contribution in [0.3, 0.4) is 0 Å². The predicted molar refractivity (Wildman–Crippen MR) is 129 cm³/mol. The van der Waals surface area contributed by atoms with Crippen LogP contribution < -0.4 is 4.74 Å². The number of likely N-dealkylation sites (tertiary alicyclic amines) is 1. The van der Waals surface area contributed by atoms with E-state index in [2.05, 4.69) is 20.0 Å². The van der Waals surface area contributed by atoms with Crippen LogP contribution in [0, 0.1) is 6.92 Å². The Hall–Kier alpha value is -3.86. The Morgan fingerprint density at radius 1 is 1.27 bits per heavy atom. The molecule has 1 saturated heterocycles. The largest absolute Gasteiger partial charge is 0.496 e. The zero-order valence-corrected chi connectivity index (χ0v) is 20.3. The van der Waals surface area contributed by atoms with Crippen molar-refractivity contribution in [2.45, 2.75) is 44.6 Å². The van der Waals surface area contributed by atoms with E-state index in [0.29, 0.717) is 31.5 Å². The number of carbonyl (C=O) groups is 1.